The van der Waals surface area contributed by atoms with E-state index in [0.29, 0.717) is 5.92 Å². The Kier molecular flexibility index (Phi) is 3.15. The van der Waals surface area contributed by atoms with Crippen LogP contribution in [-0.2, 0) is 9.16 Å². The molecule has 3 aliphatic rings. The summed E-state index contributed by atoms with van der Waals surface area (Å²) in [6.07, 6.45) is 8.42. The molecule has 3 heteroatoms. The molecule has 2 nitrogen and oxygen atoms in total. The lowest BCUT2D eigenvalue weighted by Crippen LogP contribution is -2.29. The fourth-order valence-electron chi connectivity index (χ4n) is 2.52. The van der Waals surface area contributed by atoms with Crippen molar-refractivity contribution < 1.29 is 9.16 Å². The highest BCUT2D eigenvalue weighted by Crippen LogP contribution is 2.42. The van der Waals surface area contributed by atoms with E-state index in [2.05, 4.69) is 31.8 Å². The van der Waals surface area contributed by atoms with Gasteiger partial charge >= 0.3 is 0 Å². The molecular weight excluding hydrogens is 216 g/mol. The van der Waals surface area contributed by atoms with Gasteiger partial charge in [-0.1, -0.05) is 12.2 Å². The van der Waals surface area contributed by atoms with Gasteiger partial charge in [0, 0.05) is 11.5 Å². The van der Waals surface area contributed by atoms with Crippen LogP contribution >= 0.6 is 0 Å². The Morgan fingerprint density at radius 1 is 1.25 bits per heavy atom. The molecule has 0 spiro atoms. The van der Waals surface area contributed by atoms with E-state index >= 15 is 0 Å². The van der Waals surface area contributed by atoms with Crippen LogP contribution < -0.4 is 0 Å². The summed E-state index contributed by atoms with van der Waals surface area (Å²) in [5.74, 6) is 2.10. The maximum absolute atomic E-state index is 6.04. The number of fused-ring (bicyclic) bond motifs is 2. The zero-order valence-electron chi connectivity index (χ0n) is 10.7. The van der Waals surface area contributed by atoms with E-state index in [4.69, 9.17) is 9.16 Å². The monoisotopic (exact) mass is 238 g/mol. The van der Waals surface area contributed by atoms with Crippen molar-refractivity contribution in [2.24, 2.45) is 11.8 Å². The van der Waals surface area contributed by atoms with Gasteiger partial charge < -0.3 is 9.16 Å². The minimum Gasteiger partial charge on any atom is -0.520 e. The molecule has 0 saturated heterocycles. The highest BCUT2D eigenvalue weighted by atomic mass is 28.4. The Balaban J connectivity index is 2.22. The standard InChI is InChI=1S/C13H22O2Si/c1-14-13(15-16(2,3)4)12-9-10-5-7-11(12)8-6-10/h5,7,10-11H,6,8-9H2,1-4H3/b13-12+/t10-,11+/m0/s1. The Hall–Kier alpha value is -0.703. The maximum atomic E-state index is 6.04. The molecular formula is C13H22O2Si. The molecule has 0 aromatic carbocycles. The van der Waals surface area contributed by atoms with Crippen LogP contribution in [0, 0.1) is 11.8 Å². The topological polar surface area (TPSA) is 18.5 Å². The molecule has 0 N–H and O–H groups in total. The normalized spacial score (nSPS) is 31.5. The minimum absolute atomic E-state index is 0.566. The first kappa shape index (κ1) is 11.8. The van der Waals surface area contributed by atoms with E-state index in [1.54, 1.807) is 7.11 Å². The molecule has 0 aromatic heterocycles. The first-order chi connectivity index (χ1) is 7.49. The van der Waals surface area contributed by atoms with Gasteiger partial charge in [-0.15, -0.1) is 0 Å². The van der Waals surface area contributed by atoms with Crippen LogP contribution in [0.2, 0.25) is 19.6 Å². The molecule has 0 amide bonds. The molecule has 90 valence electrons. The predicted octanol–water partition coefficient (Wildman–Crippen LogP) is 3.68. The third kappa shape index (κ3) is 2.51. The van der Waals surface area contributed by atoms with Crippen molar-refractivity contribution in [3.05, 3.63) is 23.7 Å². The first-order valence-corrected chi connectivity index (χ1v) is 9.55. The van der Waals surface area contributed by atoms with Gasteiger partial charge in [0.25, 0.3) is 5.95 Å². The Bertz CT molecular complexity index is 325. The Labute approximate surface area is 99.5 Å². The third-order valence-electron chi connectivity index (χ3n) is 3.24. The molecule has 0 aliphatic heterocycles. The van der Waals surface area contributed by atoms with E-state index in [-0.39, 0.29) is 0 Å². The zero-order valence-corrected chi connectivity index (χ0v) is 11.7. The molecule has 3 rings (SSSR count). The highest BCUT2D eigenvalue weighted by molar-refractivity contribution is 6.70. The van der Waals surface area contributed by atoms with E-state index in [0.717, 1.165) is 18.3 Å². The van der Waals surface area contributed by atoms with Gasteiger partial charge in [0.15, 0.2) is 0 Å². The van der Waals surface area contributed by atoms with E-state index < -0.39 is 8.32 Å². The van der Waals surface area contributed by atoms with Gasteiger partial charge in [-0.2, -0.15) is 0 Å². The van der Waals surface area contributed by atoms with Crippen LogP contribution in [0.5, 0.6) is 0 Å². The SMILES string of the molecule is CO/C(O[Si](C)(C)C)=C1/C[C@H]2C=C[C@@H]1CC2. The number of allylic oxidation sites excluding steroid dienone is 3. The summed E-state index contributed by atoms with van der Waals surface area (Å²) in [5, 5.41) is 0. The predicted molar refractivity (Wildman–Crippen MR) is 68.4 cm³/mol. The summed E-state index contributed by atoms with van der Waals surface area (Å²) < 4.78 is 11.5. The average Bonchev–Trinajstić information content (AvgIpc) is 2.26. The zero-order chi connectivity index (χ0) is 11.8. The lowest BCUT2D eigenvalue weighted by Gasteiger charge is -2.35. The fourth-order valence-corrected chi connectivity index (χ4v) is 3.29. The molecule has 1 fully saturated rings. The molecule has 1 saturated carbocycles. The summed E-state index contributed by atoms with van der Waals surface area (Å²) in [7, 11) is 0.171. The summed E-state index contributed by atoms with van der Waals surface area (Å²) in [4.78, 5) is 0. The van der Waals surface area contributed by atoms with Crippen molar-refractivity contribution >= 4 is 8.32 Å². The van der Waals surface area contributed by atoms with Crippen LogP contribution in [0.15, 0.2) is 23.7 Å². The van der Waals surface area contributed by atoms with Gasteiger partial charge in [0.2, 0.25) is 8.32 Å². The molecule has 0 aromatic rings. The second-order valence-corrected chi connectivity index (χ2v) is 10.2. The molecule has 0 heterocycles. The third-order valence-corrected chi connectivity index (χ3v) is 4.04. The number of rotatable bonds is 3. The van der Waals surface area contributed by atoms with Crippen LogP contribution in [0.1, 0.15) is 19.3 Å². The van der Waals surface area contributed by atoms with Crippen LogP contribution in [0.3, 0.4) is 0 Å². The quantitative estimate of drug-likeness (QED) is 0.424. The smallest absolute Gasteiger partial charge is 0.264 e. The molecule has 0 unspecified atom stereocenters. The molecule has 3 aliphatic carbocycles. The van der Waals surface area contributed by atoms with Crippen LogP contribution in [0.4, 0.5) is 0 Å². The number of methoxy groups -OCH3 is 1. The summed E-state index contributed by atoms with van der Waals surface area (Å²) in [6, 6.07) is 0. The largest absolute Gasteiger partial charge is 0.520 e. The fraction of sp³-hybridized carbons (Fsp3) is 0.692. The second-order valence-electron chi connectivity index (χ2n) is 5.76. The number of ether oxygens (including phenoxy) is 1. The van der Waals surface area contributed by atoms with Crippen LogP contribution in [-0.4, -0.2) is 15.4 Å². The van der Waals surface area contributed by atoms with E-state index in [9.17, 15) is 0 Å². The van der Waals surface area contributed by atoms with Crippen molar-refractivity contribution in [3.8, 4) is 0 Å². The van der Waals surface area contributed by atoms with Crippen LogP contribution in [0.25, 0.3) is 0 Å². The number of hydrogen-bond donors (Lipinski definition) is 0. The van der Waals surface area contributed by atoms with Gasteiger partial charge in [-0.05, 0) is 44.8 Å². The van der Waals surface area contributed by atoms with E-state index in [1.807, 2.05) is 0 Å². The Morgan fingerprint density at radius 3 is 2.38 bits per heavy atom. The van der Waals surface area contributed by atoms with Crippen molar-refractivity contribution in [1.29, 1.82) is 0 Å². The summed E-state index contributed by atoms with van der Waals surface area (Å²) in [6.45, 7) is 6.59. The maximum Gasteiger partial charge on any atom is 0.264 e. The molecule has 2 bridgehead atoms. The van der Waals surface area contributed by atoms with E-state index in [1.165, 1.54) is 18.4 Å². The van der Waals surface area contributed by atoms with Crippen molar-refractivity contribution in [2.45, 2.75) is 38.9 Å². The average molecular weight is 238 g/mol. The van der Waals surface area contributed by atoms with Gasteiger partial charge in [-0.3, -0.25) is 0 Å². The van der Waals surface area contributed by atoms with Crippen molar-refractivity contribution in [3.63, 3.8) is 0 Å². The first-order valence-electron chi connectivity index (χ1n) is 6.14. The highest BCUT2D eigenvalue weighted by Gasteiger charge is 2.32. The number of hydrogen-bond acceptors (Lipinski definition) is 2. The lowest BCUT2D eigenvalue weighted by atomic mass is 9.73. The van der Waals surface area contributed by atoms with Crippen molar-refractivity contribution in [1.82, 2.24) is 0 Å². The summed E-state index contributed by atoms with van der Waals surface area (Å²) >= 11 is 0. The molecule has 16 heavy (non-hydrogen) atoms. The second kappa shape index (κ2) is 4.28. The lowest BCUT2D eigenvalue weighted by molar-refractivity contribution is 0.132. The Morgan fingerprint density at radius 2 is 2.00 bits per heavy atom. The van der Waals surface area contributed by atoms with Gasteiger partial charge in [0.1, 0.15) is 0 Å². The van der Waals surface area contributed by atoms with Gasteiger partial charge in [-0.25, -0.2) is 0 Å². The summed E-state index contributed by atoms with van der Waals surface area (Å²) in [5.41, 5.74) is 1.39. The van der Waals surface area contributed by atoms with Gasteiger partial charge in [0.05, 0.1) is 7.11 Å². The minimum atomic E-state index is -1.56. The molecule has 2 atom stereocenters. The van der Waals surface area contributed by atoms with Crippen molar-refractivity contribution in [2.75, 3.05) is 7.11 Å². The molecule has 0 radical (unpaired) electrons.